The molecule has 0 aromatic heterocycles. The molecule has 0 heterocycles. The molecule has 5 aromatic carbocycles. The van der Waals surface area contributed by atoms with Gasteiger partial charge in [0, 0.05) is 32.8 Å². The van der Waals surface area contributed by atoms with Crippen LogP contribution in [0.4, 0.5) is 11.4 Å². The van der Waals surface area contributed by atoms with Crippen LogP contribution in [0, 0.1) is 0 Å². The Morgan fingerprint density at radius 3 is 2.06 bits per heavy atom. The van der Waals surface area contributed by atoms with Crippen molar-refractivity contribution in [1.82, 2.24) is 5.32 Å². The lowest BCUT2D eigenvalue weighted by Gasteiger charge is -2.20. The summed E-state index contributed by atoms with van der Waals surface area (Å²) in [6.45, 7) is 0. The van der Waals surface area contributed by atoms with E-state index in [9.17, 15) is 24.0 Å². The lowest BCUT2D eigenvalue weighted by Crippen LogP contribution is -2.30. The van der Waals surface area contributed by atoms with Crippen molar-refractivity contribution in [2.75, 3.05) is 16.4 Å². The van der Waals surface area contributed by atoms with Crippen LogP contribution in [-0.2, 0) is 9.59 Å². The Morgan fingerprint density at radius 1 is 0.673 bits per heavy atom. The van der Waals surface area contributed by atoms with Crippen molar-refractivity contribution < 1.29 is 24.0 Å². The monoisotopic (exact) mass is 705 g/mol. The normalized spacial score (nSPS) is 12.1. The molecule has 242 valence electrons. The number of ketones is 2. The highest BCUT2D eigenvalue weighted by molar-refractivity contribution is 8.00. The van der Waals surface area contributed by atoms with E-state index in [-0.39, 0.29) is 50.8 Å². The van der Waals surface area contributed by atoms with Gasteiger partial charge in [-0.15, -0.1) is 11.8 Å². The van der Waals surface area contributed by atoms with Crippen LogP contribution in [0.15, 0.2) is 126 Å². The molecule has 11 heteroatoms. The van der Waals surface area contributed by atoms with E-state index in [2.05, 4.69) is 16.0 Å². The van der Waals surface area contributed by atoms with Gasteiger partial charge in [-0.05, 0) is 60.2 Å². The summed E-state index contributed by atoms with van der Waals surface area (Å²) in [4.78, 5) is 66.3. The zero-order valence-corrected chi connectivity index (χ0v) is 27.8. The highest BCUT2D eigenvalue weighted by atomic mass is 35.5. The first-order valence-corrected chi connectivity index (χ1v) is 16.6. The Bertz CT molecular complexity index is 2170. The van der Waals surface area contributed by atoms with Crippen molar-refractivity contribution >= 4 is 81.7 Å². The number of rotatable bonds is 9. The Hall–Kier alpha value is -5.48. The summed E-state index contributed by atoms with van der Waals surface area (Å²) in [5.41, 5.74) is 2.53. The van der Waals surface area contributed by atoms with Crippen LogP contribution in [0.25, 0.3) is 6.08 Å². The zero-order valence-electron chi connectivity index (χ0n) is 25.5. The number of benzene rings is 5. The molecule has 0 atom stereocenters. The van der Waals surface area contributed by atoms with Crippen LogP contribution in [0.5, 0.6) is 0 Å². The van der Waals surface area contributed by atoms with E-state index in [0.29, 0.717) is 33.0 Å². The maximum Gasteiger partial charge on any atom is 0.272 e. The third-order valence-electron chi connectivity index (χ3n) is 7.52. The summed E-state index contributed by atoms with van der Waals surface area (Å²) < 4.78 is 0. The van der Waals surface area contributed by atoms with Crippen molar-refractivity contribution in [2.45, 2.75) is 4.90 Å². The zero-order chi connectivity index (χ0) is 34.5. The quantitative estimate of drug-likeness (QED) is 0.104. The van der Waals surface area contributed by atoms with Gasteiger partial charge in [-0.25, -0.2) is 0 Å². The van der Waals surface area contributed by atoms with E-state index in [4.69, 9.17) is 23.2 Å². The summed E-state index contributed by atoms with van der Waals surface area (Å²) in [5, 5.41) is 8.74. The molecule has 6 rings (SSSR count). The first-order chi connectivity index (χ1) is 23.7. The van der Waals surface area contributed by atoms with E-state index < -0.39 is 11.8 Å². The number of anilines is 2. The molecule has 1 aliphatic carbocycles. The molecule has 0 saturated heterocycles. The van der Waals surface area contributed by atoms with Gasteiger partial charge in [0.15, 0.2) is 11.6 Å². The first kappa shape index (κ1) is 33.4. The third kappa shape index (κ3) is 7.49. The fourth-order valence-electron chi connectivity index (χ4n) is 5.15. The Balaban J connectivity index is 1.11. The van der Waals surface area contributed by atoms with Gasteiger partial charge in [0.1, 0.15) is 5.70 Å². The van der Waals surface area contributed by atoms with Gasteiger partial charge in [-0.1, -0.05) is 89.9 Å². The van der Waals surface area contributed by atoms with Crippen LogP contribution in [-0.4, -0.2) is 35.0 Å². The predicted molar refractivity (Wildman–Crippen MR) is 193 cm³/mol. The fraction of sp³-hybridized carbons (Fsp3) is 0.0263. The Morgan fingerprint density at radius 2 is 1.33 bits per heavy atom. The molecule has 0 spiro atoms. The number of halogens is 2. The van der Waals surface area contributed by atoms with E-state index in [1.165, 1.54) is 17.8 Å². The van der Waals surface area contributed by atoms with Gasteiger partial charge in [0.05, 0.1) is 27.0 Å². The molecule has 8 nitrogen and oxygen atoms in total. The molecular weight excluding hydrogens is 681 g/mol. The second-order valence-corrected chi connectivity index (χ2v) is 12.6. The molecule has 3 amide bonds. The van der Waals surface area contributed by atoms with Crippen molar-refractivity contribution in [3.63, 3.8) is 0 Å². The topological polar surface area (TPSA) is 121 Å². The minimum atomic E-state index is -0.595. The summed E-state index contributed by atoms with van der Waals surface area (Å²) in [6.07, 6.45) is 1.44. The summed E-state index contributed by atoms with van der Waals surface area (Å²) in [6, 6.07) is 31.6. The number of hydrogen-bond donors (Lipinski definition) is 3. The number of nitrogens with one attached hydrogen (secondary N) is 3. The minimum absolute atomic E-state index is 0.0207. The number of fused-ring (bicyclic) bond motifs is 2. The van der Waals surface area contributed by atoms with Crippen LogP contribution < -0.4 is 16.0 Å². The van der Waals surface area contributed by atoms with Crippen LogP contribution in [0.3, 0.4) is 0 Å². The minimum Gasteiger partial charge on any atom is -0.325 e. The number of hydrogen-bond acceptors (Lipinski definition) is 6. The number of carbonyl (C=O) groups is 5. The van der Waals surface area contributed by atoms with E-state index in [1.54, 1.807) is 115 Å². The summed E-state index contributed by atoms with van der Waals surface area (Å²) >= 11 is 13.8. The third-order valence-corrected chi connectivity index (χ3v) is 9.36. The molecule has 0 bridgehead atoms. The molecule has 5 aromatic rings. The number of carbonyl (C=O) groups excluding carboxylic acids is 5. The molecule has 3 N–H and O–H groups in total. The lowest BCUT2D eigenvalue weighted by molar-refractivity contribution is -0.114. The maximum absolute atomic E-state index is 13.4. The Labute approximate surface area is 295 Å². The molecule has 1 aliphatic rings. The average Bonchev–Trinajstić information content (AvgIpc) is 3.12. The van der Waals surface area contributed by atoms with Gasteiger partial charge < -0.3 is 16.0 Å². The maximum atomic E-state index is 13.4. The average molecular weight is 707 g/mol. The second kappa shape index (κ2) is 14.7. The fourth-order valence-corrected chi connectivity index (χ4v) is 6.21. The molecule has 0 unspecified atom stereocenters. The van der Waals surface area contributed by atoms with Crippen molar-refractivity contribution in [3.05, 3.63) is 164 Å². The summed E-state index contributed by atoms with van der Waals surface area (Å²) in [5.74, 6) is -2.01. The molecule has 0 radical (unpaired) electrons. The summed E-state index contributed by atoms with van der Waals surface area (Å²) in [7, 11) is 0. The lowest BCUT2D eigenvalue weighted by atomic mass is 9.83. The molecule has 0 aliphatic heterocycles. The van der Waals surface area contributed by atoms with E-state index in [0.717, 1.165) is 4.90 Å². The van der Waals surface area contributed by atoms with Crippen LogP contribution >= 0.6 is 35.0 Å². The van der Waals surface area contributed by atoms with Crippen LogP contribution in [0.2, 0.25) is 10.0 Å². The van der Waals surface area contributed by atoms with Gasteiger partial charge >= 0.3 is 0 Å². The smallest absolute Gasteiger partial charge is 0.272 e. The molecule has 0 saturated carbocycles. The standard InChI is InChI=1S/C38H25Cl2N3O5S/c39-29-14-6-10-23(34(29)40)20-31(43-37(47)22-8-2-1-3-9-22)38(48)41-24-16-18-25(19-17-24)49-21-32(44)42-30-15-7-13-28-33(30)36(46)27-12-5-4-11-26(27)35(28)45/h1-20H,21H2,(H,41,48)(H,42,44)(H,43,47)/b31-20-. The van der Waals surface area contributed by atoms with Gasteiger partial charge in [-0.3, -0.25) is 24.0 Å². The number of amides is 3. The first-order valence-electron chi connectivity index (χ1n) is 14.9. The van der Waals surface area contributed by atoms with Gasteiger partial charge in [0.2, 0.25) is 5.91 Å². The predicted octanol–water partition coefficient (Wildman–Crippen LogP) is 7.91. The largest absolute Gasteiger partial charge is 0.325 e. The van der Waals surface area contributed by atoms with E-state index >= 15 is 0 Å². The molecular formula is C38H25Cl2N3O5S. The van der Waals surface area contributed by atoms with Gasteiger partial charge in [0.25, 0.3) is 11.8 Å². The van der Waals surface area contributed by atoms with Gasteiger partial charge in [-0.2, -0.15) is 0 Å². The van der Waals surface area contributed by atoms with Crippen LogP contribution in [0.1, 0.15) is 47.8 Å². The molecule has 49 heavy (non-hydrogen) atoms. The van der Waals surface area contributed by atoms with Crippen molar-refractivity contribution in [3.8, 4) is 0 Å². The second-order valence-electron chi connectivity index (χ2n) is 10.8. The number of thioether (sulfide) groups is 1. The van der Waals surface area contributed by atoms with Crippen molar-refractivity contribution in [2.24, 2.45) is 0 Å². The van der Waals surface area contributed by atoms with E-state index in [1.807, 2.05) is 0 Å². The highest BCUT2D eigenvalue weighted by Gasteiger charge is 2.31. The molecule has 0 fully saturated rings. The SMILES string of the molecule is O=C(CSc1ccc(NC(=O)/C(=C/c2cccc(Cl)c2Cl)NC(=O)c2ccccc2)cc1)Nc1cccc2c1C(=O)c1ccccc1C2=O. The highest BCUT2D eigenvalue weighted by Crippen LogP contribution is 2.32. The Kier molecular flexibility index (Phi) is 10.1. The van der Waals surface area contributed by atoms with Crippen molar-refractivity contribution in [1.29, 1.82) is 0 Å².